The molecule has 38 heavy (non-hydrogen) atoms. The fourth-order valence-corrected chi connectivity index (χ4v) is 4.83. The number of hydrogen-bond acceptors (Lipinski definition) is 5. The maximum absolute atomic E-state index is 13.4. The minimum absolute atomic E-state index is 0.0341. The van der Waals surface area contributed by atoms with Crippen LogP contribution in [0.1, 0.15) is 36.8 Å². The highest BCUT2D eigenvalue weighted by Gasteiger charge is 2.34. The summed E-state index contributed by atoms with van der Waals surface area (Å²) in [4.78, 5) is 25.8. The summed E-state index contributed by atoms with van der Waals surface area (Å²) in [6.07, 6.45) is -0.994. The highest BCUT2D eigenvalue weighted by atomic mass is 19.4. The Labute approximate surface area is 218 Å². The van der Waals surface area contributed by atoms with Crippen molar-refractivity contribution in [1.82, 2.24) is 9.88 Å². The van der Waals surface area contributed by atoms with Crippen LogP contribution < -0.4 is 25.8 Å². The van der Waals surface area contributed by atoms with E-state index in [0.717, 1.165) is 37.8 Å². The fourth-order valence-electron chi connectivity index (χ4n) is 4.83. The lowest BCUT2D eigenvalue weighted by Gasteiger charge is -2.16. The largest absolute Gasteiger partial charge is 0.493 e. The van der Waals surface area contributed by atoms with E-state index in [1.807, 2.05) is 0 Å². The third-order valence-electron chi connectivity index (χ3n) is 6.64. The maximum Gasteiger partial charge on any atom is 0.416 e. The Balaban J connectivity index is 1.82. The Bertz CT molecular complexity index is 1350. The van der Waals surface area contributed by atoms with E-state index >= 15 is 0 Å². The molecule has 0 unspecified atom stereocenters. The quantitative estimate of drug-likeness (QED) is 0.334. The SMILES string of the molecule is COc1cc2c3c(n(CC(=O)NCCCCCCN)c2cc1OC)-c1ccc(C(F)(F)F)cc1NC(=O)C3. The molecule has 2 heterocycles. The van der Waals surface area contributed by atoms with E-state index in [2.05, 4.69) is 10.6 Å². The van der Waals surface area contributed by atoms with Crippen LogP contribution in [-0.4, -0.2) is 43.7 Å². The molecule has 8 nitrogen and oxygen atoms in total. The van der Waals surface area contributed by atoms with E-state index in [-0.39, 0.29) is 24.6 Å². The maximum atomic E-state index is 13.4. The van der Waals surface area contributed by atoms with Gasteiger partial charge in [0.15, 0.2) is 11.5 Å². The van der Waals surface area contributed by atoms with Crippen LogP contribution in [0.3, 0.4) is 0 Å². The van der Waals surface area contributed by atoms with Gasteiger partial charge in [-0.1, -0.05) is 18.9 Å². The number of nitrogens with zero attached hydrogens (tertiary/aromatic N) is 1. The molecule has 1 aromatic heterocycles. The van der Waals surface area contributed by atoms with Crippen LogP contribution in [0.4, 0.5) is 18.9 Å². The molecule has 0 radical (unpaired) electrons. The van der Waals surface area contributed by atoms with Gasteiger partial charge < -0.3 is 30.4 Å². The molecule has 0 aliphatic carbocycles. The van der Waals surface area contributed by atoms with Crippen molar-refractivity contribution in [3.63, 3.8) is 0 Å². The monoisotopic (exact) mass is 532 g/mol. The number of fused-ring (bicyclic) bond motifs is 5. The van der Waals surface area contributed by atoms with Gasteiger partial charge in [0.2, 0.25) is 11.8 Å². The average molecular weight is 533 g/mol. The van der Waals surface area contributed by atoms with Crippen molar-refractivity contribution in [3.05, 3.63) is 41.5 Å². The smallest absolute Gasteiger partial charge is 0.416 e. The van der Waals surface area contributed by atoms with Gasteiger partial charge in [0.25, 0.3) is 0 Å². The lowest BCUT2D eigenvalue weighted by atomic mass is 10.0. The number of carbonyl (C=O) groups is 2. The standard InChI is InChI=1S/C27H31F3N4O4/c1-37-22-12-18-19-13-24(35)33-20-11-16(27(28,29)30)7-8-17(20)26(19)34(21(18)14-23(22)38-2)15-25(36)32-10-6-4-3-5-9-31/h7-8,11-12,14H,3-6,9-10,13,15,31H2,1-2H3,(H,32,36)(H,33,35). The molecule has 0 fully saturated rings. The van der Waals surface area contributed by atoms with Gasteiger partial charge in [0.05, 0.1) is 43.1 Å². The predicted octanol–water partition coefficient (Wildman–Crippen LogP) is 4.47. The number of halogens is 3. The number of carbonyl (C=O) groups excluding carboxylic acids is 2. The summed E-state index contributed by atoms with van der Waals surface area (Å²) >= 11 is 0. The van der Waals surface area contributed by atoms with Gasteiger partial charge in [0.1, 0.15) is 6.54 Å². The molecule has 0 atom stereocenters. The van der Waals surface area contributed by atoms with E-state index in [1.165, 1.54) is 20.3 Å². The third-order valence-corrected chi connectivity index (χ3v) is 6.64. The molecule has 204 valence electrons. The lowest BCUT2D eigenvalue weighted by Crippen LogP contribution is -2.28. The summed E-state index contributed by atoms with van der Waals surface area (Å²) in [5, 5.41) is 6.17. The first-order chi connectivity index (χ1) is 18.2. The second-order valence-corrected chi connectivity index (χ2v) is 9.17. The van der Waals surface area contributed by atoms with E-state index < -0.39 is 17.6 Å². The summed E-state index contributed by atoms with van der Waals surface area (Å²) < 4.78 is 53.0. The van der Waals surface area contributed by atoms with Crippen molar-refractivity contribution >= 4 is 28.4 Å². The summed E-state index contributed by atoms with van der Waals surface area (Å²) in [5.74, 6) is 0.140. The molecule has 1 aliphatic heterocycles. The summed E-state index contributed by atoms with van der Waals surface area (Å²) in [6.45, 7) is 1.03. The molecule has 4 rings (SSSR count). The summed E-state index contributed by atoms with van der Waals surface area (Å²) in [5.41, 5.74) is 6.76. The minimum Gasteiger partial charge on any atom is -0.493 e. The lowest BCUT2D eigenvalue weighted by molar-refractivity contribution is -0.137. The summed E-state index contributed by atoms with van der Waals surface area (Å²) in [6, 6.07) is 6.67. The van der Waals surface area contributed by atoms with Crippen LogP contribution in [-0.2, 0) is 28.7 Å². The fraction of sp³-hybridized carbons (Fsp3) is 0.407. The first-order valence-electron chi connectivity index (χ1n) is 12.4. The minimum atomic E-state index is -4.58. The molecule has 2 aromatic carbocycles. The van der Waals surface area contributed by atoms with Gasteiger partial charge in [0, 0.05) is 23.6 Å². The highest BCUT2D eigenvalue weighted by Crippen LogP contribution is 2.44. The topological polar surface area (TPSA) is 108 Å². The molecule has 11 heteroatoms. The van der Waals surface area contributed by atoms with Gasteiger partial charge in [-0.05, 0) is 43.1 Å². The Hall–Kier alpha value is -3.73. The Morgan fingerprint density at radius 3 is 2.47 bits per heavy atom. The first kappa shape index (κ1) is 27.3. The number of rotatable bonds is 10. The van der Waals surface area contributed by atoms with Gasteiger partial charge in [-0.2, -0.15) is 13.2 Å². The first-order valence-corrected chi connectivity index (χ1v) is 12.4. The van der Waals surface area contributed by atoms with E-state index in [9.17, 15) is 22.8 Å². The van der Waals surface area contributed by atoms with Crippen LogP contribution in [0.5, 0.6) is 11.5 Å². The molecule has 4 N–H and O–H groups in total. The van der Waals surface area contributed by atoms with Gasteiger partial charge in [-0.25, -0.2) is 0 Å². The Kier molecular flexibility index (Phi) is 8.15. The molecule has 0 bridgehead atoms. The van der Waals surface area contributed by atoms with Crippen LogP contribution >= 0.6 is 0 Å². The number of alkyl halides is 3. The molecule has 1 aliphatic rings. The van der Waals surface area contributed by atoms with E-state index in [1.54, 1.807) is 16.7 Å². The zero-order chi connectivity index (χ0) is 27.4. The number of methoxy groups -OCH3 is 2. The normalized spacial score (nSPS) is 12.9. The number of anilines is 1. The van der Waals surface area contributed by atoms with Gasteiger partial charge in [-0.3, -0.25) is 9.59 Å². The molecular weight excluding hydrogens is 501 g/mol. The zero-order valence-corrected chi connectivity index (χ0v) is 21.3. The Morgan fingerprint density at radius 2 is 1.79 bits per heavy atom. The third kappa shape index (κ3) is 5.57. The van der Waals surface area contributed by atoms with Crippen molar-refractivity contribution in [3.8, 4) is 22.8 Å². The molecule has 0 saturated carbocycles. The predicted molar refractivity (Wildman–Crippen MR) is 138 cm³/mol. The zero-order valence-electron chi connectivity index (χ0n) is 21.3. The number of amides is 2. The van der Waals surface area contributed by atoms with Crippen molar-refractivity contribution in [2.24, 2.45) is 5.73 Å². The molecule has 2 amide bonds. The summed E-state index contributed by atoms with van der Waals surface area (Å²) in [7, 11) is 2.97. The number of hydrogen-bond donors (Lipinski definition) is 3. The van der Waals surface area contributed by atoms with Gasteiger partial charge in [-0.15, -0.1) is 0 Å². The van der Waals surface area contributed by atoms with E-state index in [0.29, 0.717) is 52.3 Å². The van der Waals surface area contributed by atoms with Crippen molar-refractivity contribution in [2.45, 2.75) is 44.8 Å². The average Bonchev–Trinajstić information content (AvgIpc) is 3.06. The van der Waals surface area contributed by atoms with Crippen molar-refractivity contribution in [2.75, 3.05) is 32.6 Å². The molecule has 3 aromatic rings. The van der Waals surface area contributed by atoms with Crippen molar-refractivity contribution in [1.29, 1.82) is 0 Å². The van der Waals surface area contributed by atoms with Gasteiger partial charge >= 0.3 is 6.18 Å². The second kappa shape index (κ2) is 11.3. The van der Waals surface area contributed by atoms with E-state index in [4.69, 9.17) is 15.2 Å². The number of unbranched alkanes of at least 4 members (excludes halogenated alkanes) is 3. The van der Waals surface area contributed by atoms with Crippen LogP contribution in [0, 0.1) is 0 Å². The molecule has 0 spiro atoms. The second-order valence-electron chi connectivity index (χ2n) is 9.17. The van der Waals surface area contributed by atoms with Crippen LogP contribution in [0.25, 0.3) is 22.2 Å². The van der Waals surface area contributed by atoms with Crippen LogP contribution in [0.15, 0.2) is 30.3 Å². The van der Waals surface area contributed by atoms with Crippen LogP contribution in [0.2, 0.25) is 0 Å². The number of nitrogens with one attached hydrogen (secondary N) is 2. The number of nitrogens with two attached hydrogens (primary N) is 1. The molecular formula is C27H31F3N4O4. The highest BCUT2D eigenvalue weighted by molar-refractivity contribution is 6.06. The molecule has 0 saturated heterocycles. The number of aromatic nitrogens is 1. The Morgan fingerprint density at radius 1 is 1.08 bits per heavy atom. The number of benzene rings is 2. The van der Waals surface area contributed by atoms with Crippen molar-refractivity contribution < 1.29 is 32.2 Å². The number of ether oxygens (including phenoxy) is 2.